The van der Waals surface area contributed by atoms with Crippen molar-refractivity contribution in [3.05, 3.63) is 16.1 Å². The summed E-state index contributed by atoms with van der Waals surface area (Å²) >= 11 is 1.78. The number of nitrogens with zero attached hydrogens (tertiary/aromatic N) is 1. The van der Waals surface area contributed by atoms with Crippen LogP contribution >= 0.6 is 11.3 Å². The normalized spacial score (nSPS) is 19.7. The molecular formula is C15H26N2S. The molecule has 18 heavy (non-hydrogen) atoms. The Hall–Kier alpha value is -0.410. The first-order valence-electron chi connectivity index (χ1n) is 7.44. The van der Waals surface area contributed by atoms with Crippen molar-refractivity contribution in [1.29, 1.82) is 0 Å². The van der Waals surface area contributed by atoms with Gasteiger partial charge >= 0.3 is 0 Å². The van der Waals surface area contributed by atoms with Crippen LogP contribution in [0.4, 0.5) is 0 Å². The molecule has 1 atom stereocenters. The number of aryl methyl sites for hydroxylation is 1. The molecule has 1 aliphatic carbocycles. The monoisotopic (exact) mass is 266 g/mol. The second kappa shape index (κ2) is 7.25. The van der Waals surface area contributed by atoms with Crippen LogP contribution in [0.2, 0.25) is 0 Å². The highest BCUT2D eigenvalue weighted by atomic mass is 32.1. The first-order valence-corrected chi connectivity index (χ1v) is 8.32. The zero-order valence-corrected chi connectivity index (χ0v) is 12.6. The van der Waals surface area contributed by atoms with E-state index in [2.05, 4.69) is 29.5 Å². The van der Waals surface area contributed by atoms with Gasteiger partial charge in [0.1, 0.15) is 0 Å². The number of thiazole rings is 1. The average Bonchev–Trinajstić information content (AvgIpc) is 2.63. The topological polar surface area (TPSA) is 24.9 Å². The highest BCUT2D eigenvalue weighted by Crippen LogP contribution is 2.27. The fourth-order valence-corrected chi connectivity index (χ4v) is 3.73. The molecule has 1 N–H and O–H groups in total. The molecule has 0 aliphatic heterocycles. The highest BCUT2D eigenvalue weighted by molar-refractivity contribution is 7.09. The molecule has 1 heterocycles. The van der Waals surface area contributed by atoms with Crippen LogP contribution in [-0.4, -0.2) is 17.6 Å². The third-order valence-corrected chi connectivity index (χ3v) is 4.85. The van der Waals surface area contributed by atoms with Crippen LogP contribution in [0.15, 0.2) is 5.38 Å². The Bertz CT molecular complexity index is 340. The van der Waals surface area contributed by atoms with Gasteiger partial charge in [0.25, 0.3) is 0 Å². The van der Waals surface area contributed by atoms with Gasteiger partial charge in [-0.05, 0) is 32.2 Å². The van der Waals surface area contributed by atoms with E-state index in [1.54, 1.807) is 11.3 Å². The second-order valence-corrected chi connectivity index (χ2v) is 6.54. The standard InChI is InChI=1S/C15H26N2S/c1-3-16-15(10-14-11-18-12(2)17-14)13-8-6-4-5-7-9-13/h11,13,15-16H,3-10H2,1-2H3. The van der Waals surface area contributed by atoms with E-state index in [4.69, 9.17) is 0 Å². The van der Waals surface area contributed by atoms with E-state index in [1.165, 1.54) is 49.2 Å². The summed E-state index contributed by atoms with van der Waals surface area (Å²) in [5.74, 6) is 0.856. The summed E-state index contributed by atoms with van der Waals surface area (Å²) in [4.78, 5) is 4.63. The molecule has 1 aliphatic rings. The molecule has 1 aromatic heterocycles. The molecule has 102 valence electrons. The van der Waals surface area contributed by atoms with Crippen molar-refractivity contribution in [1.82, 2.24) is 10.3 Å². The van der Waals surface area contributed by atoms with Gasteiger partial charge < -0.3 is 5.32 Å². The van der Waals surface area contributed by atoms with Crippen molar-refractivity contribution in [3.8, 4) is 0 Å². The predicted molar refractivity (Wildman–Crippen MR) is 79.2 cm³/mol. The number of rotatable bonds is 5. The Morgan fingerprint density at radius 1 is 1.33 bits per heavy atom. The van der Waals surface area contributed by atoms with E-state index in [1.807, 2.05) is 0 Å². The number of hydrogen-bond acceptors (Lipinski definition) is 3. The molecule has 2 rings (SSSR count). The average molecular weight is 266 g/mol. The number of aromatic nitrogens is 1. The molecule has 0 bridgehead atoms. The maximum Gasteiger partial charge on any atom is 0.0897 e. The summed E-state index contributed by atoms with van der Waals surface area (Å²) in [6.45, 7) is 5.39. The maximum atomic E-state index is 4.63. The molecule has 0 radical (unpaired) electrons. The van der Waals surface area contributed by atoms with Crippen LogP contribution in [0, 0.1) is 12.8 Å². The summed E-state index contributed by atoms with van der Waals surface area (Å²) < 4.78 is 0. The Labute approximate surface area is 115 Å². The van der Waals surface area contributed by atoms with E-state index in [0.717, 1.165) is 18.9 Å². The number of hydrogen-bond donors (Lipinski definition) is 1. The molecule has 0 saturated heterocycles. The quantitative estimate of drug-likeness (QED) is 0.816. The molecule has 1 fully saturated rings. The lowest BCUT2D eigenvalue weighted by atomic mass is 9.89. The van der Waals surface area contributed by atoms with Gasteiger partial charge in [-0.25, -0.2) is 4.98 Å². The Morgan fingerprint density at radius 3 is 2.61 bits per heavy atom. The van der Waals surface area contributed by atoms with Gasteiger partial charge in [0.05, 0.1) is 10.7 Å². The van der Waals surface area contributed by atoms with Gasteiger partial charge in [-0.1, -0.05) is 32.6 Å². The smallest absolute Gasteiger partial charge is 0.0897 e. The maximum absolute atomic E-state index is 4.63. The van der Waals surface area contributed by atoms with E-state index >= 15 is 0 Å². The van der Waals surface area contributed by atoms with Crippen molar-refractivity contribution in [2.24, 2.45) is 5.92 Å². The minimum atomic E-state index is 0.634. The molecule has 1 unspecified atom stereocenters. The lowest BCUT2D eigenvalue weighted by Crippen LogP contribution is -2.38. The predicted octanol–water partition coefficient (Wildman–Crippen LogP) is 3.94. The molecule has 1 aromatic rings. The van der Waals surface area contributed by atoms with E-state index < -0.39 is 0 Å². The fraction of sp³-hybridized carbons (Fsp3) is 0.800. The third-order valence-electron chi connectivity index (χ3n) is 4.03. The molecule has 0 amide bonds. The van der Waals surface area contributed by atoms with Crippen LogP contribution in [0.25, 0.3) is 0 Å². The van der Waals surface area contributed by atoms with Crippen molar-refractivity contribution in [2.75, 3.05) is 6.54 Å². The molecular weight excluding hydrogens is 240 g/mol. The van der Waals surface area contributed by atoms with Crippen molar-refractivity contribution in [2.45, 2.75) is 64.8 Å². The van der Waals surface area contributed by atoms with Crippen molar-refractivity contribution < 1.29 is 0 Å². The first-order chi connectivity index (χ1) is 8.79. The van der Waals surface area contributed by atoms with Crippen LogP contribution in [0.5, 0.6) is 0 Å². The third kappa shape index (κ3) is 4.06. The minimum Gasteiger partial charge on any atom is -0.314 e. The number of nitrogens with one attached hydrogen (secondary N) is 1. The first kappa shape index (κ1) is 14.0. The summed E-state index contributed by atoms with van der Waals surface area (Å²) in [5.41, 5.74) is 1.28. The molecule has 0 spiro atoms. The van der Waals surface area contributed by atoms with Crippen molar-refractivity contribution >= 4 is 11.3 Å². The van der Waals surface area contributed by atoms with E-state index in [9.17, 15) is 0 Å². The molecule has 3 heteroatoms. The zero-order valence-electron chi connectivity index (χ0n) is 11.7. The van der Waals surface area contributed by atoms with E-state index in [0.29, 0.717) is 6.04 Å². The second-order valence-electron chi connectivity index (χ2n) is 5.48. The Kier molecular flexibility index (Phi) is 5.64. The molecule has 2 nitrogen and oxygen atoms in total. The fourth-order valence-electron chi connectivity index (χ4n) is 3.11. The largest absolute Gasteiger partial charge is 0.314 e. The molecule has 0 aromatic carbocycles. The van der Waals surface area contributed by atoms with Crippen LogP contribution in [-0.2, 0) is 6.42 Å². The zero-order chi connectivity index (χ0) is 12.8. The Balaban J connectivity index is 1.97. The van der Waals surface area contributed by atoms with Gasteiger partial charge in [-0.2, -0.15) is 0 Å². The summed E-state index contributed by atoms with van der Waals surface area (Å²) in [7, 11) is 0. The summed E-state index contributed by atoms with van der Waals surface area (Å²) in [5, 5.41) is 7.13. The van der Waals surface area contributed by atoms with Gasteiger partial charge in [0, 0.05) is 17.8 Å². The van der Waals surface area contributed by atoms with Gasteiger partial charge in [-0.15, -0.1) is 11.3 Å². The highest BCUT2D eigenvalue weighted by Gasteiger charge is 2.22. The number of likely N-dealkylation sites (N-methyl/N-ethyl adjacent to an activating group) is 1. The summed E-state index contributed by atoms with van der Waals surface area (Å²) in [6.07, 6.45) is 9.63. The SMILES string of the molecule is CCNC(Cc1csc(C)n1)C1CCCCCC1. The van der Waals surface area contributed by atoms with Crippen LogP contribution in [0.3, 0.4) is 0 Å². The lowest BCUT2D eigenvalue weighted by molar-refractivity contribution is 0.320. The lowest BCUT2D eigenvalue weighted by Gasteiger charge is -2.26. The van der Waals surface area contributed by atoms with E-state index in [-0.39, 0.29) is 0 Å². The van der Waals surface area contributed by atoms with Gasteiger partial charge in [0.2, 0.25) is 0 Å². The van der Waals surface area contributed by atoms with Gasteiger partial charge in [-0.3, -0.25) is 0 Å². The summed E-state index contributed by atoms with van der Waals surface area (Å²) in [6, 6.07) is 0.634. The minimum absolute atomic E-state index is 0.634. The molecule has 1 saturated carbocycles. The van der Waals surface area contributed by atoms with Crippen molar-refractivity contribution in [3.63, 3.8) is 0 Å². The Morgan fingerprint density at radius 2 is 2.06 bits per heavy atom. The van der Waals surface area contributed by atoms with Crippen LogP contribution < -0.4 is 5.32 Å². The van der Waals surface area contributed by atoms with Crippen LogP contribution in [0.1, 0.15) is 56.2 Å². The van der Waals surface area contributed by atoms with Gasteiger partial charge in [0.15, 0.2) is 0 Å².